The maximum atomic E-state index is 13.3. The van der Waals surface area contributed by atoms with Gasteiger partial charge in [0, 0.05) is 36.7 Å². The van der Waals surface area contributed by atoms with E-state index in [1.54, 1.807) is 18.2 Å². The fourth-order valence-corrected chi connectivity index (χ4v) is 8.48. The van der Waals surface area contributed by atoms with Crippen LogP contribution in [0.4, 0.5) is 23.0 Å². The average Bonchev–Trinajstić information content (AvgIpc) is 2.96. The molecular weight excluding hydrogens is 645 g/mol. The van der Waals surface area contributed by atoms with E-state index < -0.39 is 10.0 Å². The molecule has 0 saturated carbocycles. The summed E-state index contributed by atoms with van der Waals surface area (Å²) in [4.78, 5) is 28.4. The summed E-state index contributed by atoms with van der Waals surface area (Å²) in [7, 11) is 0.577. The highest BCUT2D eigenvalue weighted by molar-refractivity contribution is 7.99. The van der Waals surface area contributed by atoms with Crippen LogP contribution >= 0.6 is 35.0 Å². The number of piperidine rings is 1. The number of benzene rings is 2. The topological polar surface area (TPSA) is 120 Å². The van der Waals surface area contributed by atoms with Crippen LogP contribution in [0.5, 0.6) is 0 Å². The fourth-order valence-electron chi connectivity index (χ4n) is 5.57. The van der Waals surface area contributed by atoms with E-state index in [4.69, 9.17) is 27.9 Å². The van der Waals surface area contributed by atoms with Crippen LogP contribution in [0.2, 0.25) is 10.0 Å². The first-order valence-electron chi connectivity index (χ1n) is 14.2. The predicted molar refractivity (Wildman–Crippen MR) is 175 cm³/mol. The molecule has 6 rings (SSSR count). The first-order valence-corrected chi connectivity index (χ1v) is 17.6. The molecule has 0 spiro atoms. The smallest absolute Gasteiger partial charge is 0.263 e. The van der Waals surface area contributed by atoms with Crippen molar-refractivity contribution in [2.75, 3.05) is 61.4 Å². The van der Waals surface area contributed by atoms with Crippen molar-refractivity contribution in [1.29, 1.82) is 0 Å². The molecule has 11 nitrogen and oxygen atoms in total. The molecule has 0 aliphatic carbocycles. The first-order chi connectivity index (χ1) is 21.1. The number of carbonyl (C=O) groups excluding carboxylic acids is 1. The molecule has 0 atom stereocenters. The number of fused-ring (bicyclic) bond motifs is 1. The van der Waals surface area contributed by atoms with E-state index in [1.807, 2.05) is 18.2 Å². The zero-order chi connectivity index (χ0) is 31.0. The molecule has 2 aromatic carbocycles. The fraction of sp³-hybridized carbons (Fsp3) is 0.414. The Hall–Kier alpha value is -2.65. The summed E-state index contributed by atoms with van der Waals surface area (Å²) in [5.74, 6) is 0.120. The average molecular weight is 679 g/mol. The lowest BCUT2D eigenvalue weighted by molar-refractivity contribution is 0.00480. The Morgan fingerprint density at radius 3 is 2.50 bits per heavy atom. The minimum absolute atomic E-state index is 0.169. The van der Waals surface area contributed by atoms with E-state index in [0.717, 1.165) is 31.6 Å². The van der Waals surface area contributed by atoms with Gasteiger partial charge in [0.1, 0.15) is 5.03 Å². The molecule has 3 aromatic rings. The van der Waals surface area contributed by atoms with Crippen LogP contribution in [-0.2, 0) is 20.5 Å². The van der Waals surface area contributed by atoms with Crippen LogP contribution in [0.1, 0.15) is 28.8 Å². The minimum atomic E-state index is -3.61. The third-order valence-electron chi connectivity index (χ3n) is 7.97. The number of hydrogen-bond donors (Lipinski definition) is 2. The highest BCUT2D eigenvalue weighted by atomic mass is 35.5. The summed E-state index contributed by atoms with van der Waals surface area (Å²) >= 11 is 14.1. The maximum absolute atomic E-state index is 13.3. The monoisotopic (exact) mass is 677 g/mol. The van der Waals surface area contributed by atoms with Gasteiger partial charge in [0.05, 0.1) is 52.2 Å². The Balaban J connectivity index is 1.23. The summed E-state index contributed by atoms with van der Waals surface area (Å²) in [6.45, 7) is 2.43. The van der Waals surface area contributed by atoms with Crippen LogP contribution in [-0.4, -0.2) is 87.6 Å². The lowest BCUT2D eigenvalue weighted by Gasteiger charge is -2.37. The first kappa shape index (κ1) is 31.3. The van der Waals surface area contributed by atoms with Crippen molar-refractivity contribution >= 4 is 73.9 Å². The molecule has 3 aliphatic rings. The van der Waals surface area contributed by atoms with Crippen molar-refractivity contribution in [2.24, 2.45) is 0 Å². The number of hydrogen-bond acceptors (Lipinski definition) is 10. The number of halogens is 2. The highest BCUT2D eigenvalue weighted by Gasteiger charge is 2.31. The molecule has 0 radical (unpaired) electrons. The van der Waals surface area contributed by atoms with Crippen LogP contribution in [0, 0.1) is 0 Å². The lowest BCUT2D eigenvalue weighted by atomic mass is 10.0. The largest absolute Gasteiger partial charge is 0.378 e. The van der Waals surface area contributed by atoms with Gasteiger partial charge in [-0.15, -0.1) is 0 Å². The van der Waals surface area contributed by atoms with Gasteiger partial charge in [-0.2, -0.15) is 0 Å². The molecule has 2 N–H and O–H groups in total. The molecule has 1 aromatic heterocycles. The van der Waals surface area contributed by atoms with Gasteiger partial charge in [0.25, 0.3) is 5.91 Å². The number of anilines is 4. The number of aromatic nitrogens is 2. The van der Waals surface area contributed by atoms with Gasteiger partial charge in [-0.1, -0.05) is 41.0 Å². The molecule has 0 unspecified atom stereocenters. The normalized spacial score (nSPS) is 18.0. The second-order valence-electron chi connectivity index (χ2n) is 11.3. The van der Waals surface area contributed by atoms with Gasteiger partial charge < -0.3 is 19.9 Å². The molecule has 3 aliphatic heterocycles. The van der Waals surface area contributed by atoms with Crippen LogP contribution in [0.15, 0.2) is 47.6 Å². The van der Waals surface area contributed by atoms with Crippen LogP contribution in [0.3, 0.4) is 0 Å². The van der Waals surface area contributed by atoms with Gasteiger partial charge in [-0.05, 0) is 62.8 Å². The molecule has 2 saturated heterocycles. The SMILES string of the molecule is CN(C)C1CCN(c2ccc(Nc3ncc4c(n3)SCN(c3c(Cl)cccc3Cl)C4=O)cc2CS(=O)(=O)NC2COC2)CC1. The maximum Gasteiger partial charge on any atom is 0.263 e. The molecule has 2 fully saturated rings. The van der Waals surface area contributed by atoms with Gasteiger partial charge in [-0.25, -0.2) is 23.1 Å². The number of amides is 1. The van der Waals surface area contributed by atoms with Crippen molar-refractivity contribution in [3.8, 4) is 0 Å². The predicted octanol–water partition coefficient (Wildman–Crippen LogP) is 4.59. The van der Waals surface area contributed by atoms with Crippen LogP contribution < -0.4 is 19.8 Å². The summed E-state index contributed by atoms with van der Waals surface area (Å²) in [6, 6.07) is 11.1. The third-order valence-corrected chi connectivity index (χ3v) is 10.9. The molecule has 0 bridgehead atoms. The Morgan fingerprint density at radius 1 is 1.11 bits per heavy atom. The number of thioether (sulfide) groups is 1. The zero-order valence-corrected chi connectivity index (χ0v) is 27.4. The van der Waals surface area contributed by atoms with Crippen molar-refractivity contribution < 1.29 is 17.9 Å². The van der Waals surface area contributed by atoms with E-state index in [-0.39, 0.29) is 23.6 Å². The van der Waals surface area contributed by atoms with E-state index in [9.17, 15) is 13.2 Å². The van der Waals surface area contributed by atoms with Gasteiger partial charge in [0.15, 0.2) is 0 Å². The third kappa shape index (κ3) is 6.79. The lowest BCUT2D eigenvalue weighted by Crippen LogP contribution is -2.48. The van der Waals surface area contributed by atoms with Crippen LogP contribution in [0.25, 0.3) is 0 Å². The molecule has 15 heteroatoms. The van der Waals surface area contributed by atoms with Crippen molar-refractivity contribution in [3.05, 3.63) is 63.8 Å². The summed E-state index contributed by atoms with van der Waals surface area (Å²) in [5.41, 5.74) is 3.02. The van der Waals surface area contributed by atoms with E-state index in [1.165, 1.54) is 22.9 Å². The Kier molecular flexibility index (Phi) is 9.25. The Bertz CT molecular complexity index is 1650. The van der Waals surface area contributed by atoms with E-state index >= 15 is 0 Å². The second-order valence-corrected chi connectivity index (χ2v) is 14.8. The Morgan fingerprint density at radius 2 is 1.84 bits per heavy atom. The number of para-hydroxylation sites is 1. The van der Waals surface area contributed by atoms with E-state index in [2.05, 4.69) is 43.9 Å². The van der Waals surface area contributed by atoms with Gasteiger partial charge in [0.2, 0.25) is 16.0 Å². The van der Waals surface area contributed by atoms with E-state index in [0.29, 0.717) is 62.8 Å². The molecular formula is C29H33Cl2N7O4S2. The Labute approximate surface area is 271 Å². The number of carbonyl (C=O) groups is 1. The standard InChI is InChI=1S/C29H33Cl2N7O4S2/c1-36(2)21-8-10-37(11-9-21)25-7-6-19(12-18(25)16-44(40,41)35-20-14-42-15-20)33-29-32-13-22-27(34-29)43-17-38(28(22)39)26-23(30)4-3-5-24(26)31/h3-7,12-13,20-21,35H,8-11,14-17H2,1-2H3,(H,32,33,34). The number of nitrogens with zero attached hydrogens (tertiary/aromatic N) is 5. The van der Waals surface area contributed by atoms with Crippen molar-refractivity contribution in [2.45, 2.75) is 35.7 Å². The highest BCUT2D eigenvalue weighted by Crippen LogP contribution is 2.39. The number of sulfonamides is 1. The quantitative estimate of drug-likeness (QED) is 0.311. The molecule has 44 heavy (non-hydrogen) atoms. The molecule has 4 heterocycles. The van der Waals surface area contributed by atoms with Gasteiger partial charge >= 0.3 is 0 Å². The van der Waals surface area contributed by atoms with Crippen molar-refractivity contribution in [1.82, 2.24) is 19.6 Å². The minimum Gasteiger partial charge on any atom is -0.378 e. The number of rotatable bonds is 9. The molecule has 234 valence electrons. The van der Waals surface area contributed by atoms with Crippen molar-refractivity contribution in [3.63, 3.8) is 0 Å². The zero-order valence-electron chi connectivity index (χ0n) is 24.3. The second kappa shape index (κ2) is 13.0. The number of ether oxygens (including phenoxy) is 1. The summed E-state index contributed by atoms with van der Waals surface area (Å²) in [6.07, 6.45) is 3.47. The molecule has 1 amide bonds. The van der Waals surface area contributed by atoms with Gasteiger partial charge in [-0.3, -0.25) is 9.69 Å². The summed E-state index contributed by atoms with van der Waals surface area (Å²) in [5, 5.41) is 4.50. The number of nitrogens with one attached hydrogen (secondary N) is 2. The summed E-state index contributed by atoms with van der Waals surface area (Å²) < 4.78 is 34.1.